The molecule has 110 valence electrons. The van der Waals surface area contributed by atoms with Crippen molar-refractivity contribution in [3.05, 3.63) is 18.2 Å². The molecule has 0 aliphatic heterocycles. The molecule has 1 aromatic heterocycles. The number of aromatic nitrogens is 1. The molecule has 5 nitrogen and oxygen atoms in total. The Labute approximate surface area is 126 Å². The summed E-state index contributed by atoms with van der Waals surface area (Å²) in [6.07, 6.45) is 0. The fraction of sp³-hybridized carbons (Fsp3) is 0.417. The van der Waals surface area contributed by atoms with Crippen LogP contribution in [0.1, 0.15) is 6.92 Å². The van der Waals surface area contributed by atoms with Gasteiger partial charge in [-0.05, 0) is 24.0 Å². The third kappa shape index (κ3) is 3.70. The first kappa shape index (κ1) is 15.7. The van der Waals surface area contributed by atoms with Gasteiger partial charge in [0.15, 0.2) is 4.34 Å². The molecule has 0 saturated heterocycles. The van der Waals surface area contributed by atoms with Crippen LogP contribution in [-0.2, 0) is 14.8 Å². The average Bonchev–Trinajstić information content (AvgIpc) is 2.80. The molecule has 20 heavy (non-hydrogen) atoms. The van der Waals surface area contributed by atoms with E-state index >= 15 is 0 Å². The van der Waals surface area contributed by atoms with Gasteiger partial charge < -0.3 is 4.74 Å². The minimum Gasteiger partial charge on any atom is -0.383 e. The van der Waals surface area contributed by atoms with E-state index in [4.69, 9.17) is 4.74 Å². The van der Waals surface area contributed by atoms with Gasteiger partial charge in [-0.25, -0.2) is 18.1 Å². The second kappa shape index (κ2) is 6.86. The molecule has 0 fully saturated rings. The molecule has 0 aliphatic rings. The molecule has 0 spiro atoms. The van der Waals surface area contributed by atoms with Gasteiger partial charge in [-0.1, -0.05) is 18.7 Å². The van der Waals surface area contributed by atoms with Crippen LogP contribution in [0.25, 0.3) is 10.2 Å². The highest BCUT2D eigenvalue weighted by Crippen LogP contribution is 2.30. The quantitative estimate of drug-likeness (QED) is 0.622. The first-order valence-electron chi connectivity index (χ1n) is 6.09. The summed E-state index contributed by atoms with van der Waals surface area (Å²) in [5.41, 5.74) is 0.835. The van der Waals surface area contributed by atoms with Crippen molar-refractivity contribution >= 4 is 43.3 Å². The van der Waals surface area contributed by atoms with Crippen molar-refractivity contribution in [2.45, 2.75) is 16.2 Å². The van der Waals surface area contributed by atoms with E-state index in [1.54, 1.807) is 30.0 Å². The van der Waals surface area contributed by atoms with Gasteiger partial charge in [0.1, 0.15) is 0 Å². The van der Waals surface area contributed by atoms with Gasteiger partial charge in [0.05, 0.1) is 21.7 Å². The maximum atomic E-state index is 12.1. The fourth-order valence-electron chi connectivity index (χ4n) is 1.60. The van der Waals surface area contributed by atoms with Crippen LogP contribution >= 0.6 is 23.1 Å². The number of methoxy groups -OCH3 is 1. The summed E-state index contributed by atoms with van der Waals surface area (Å²) in [5, 5.41) is 0. The van der Waals surface area contributed by atoms with Crippen LogP contribution in [-0.4, -0.2) is 39.4 Å². The second-order valence-corrected chi connectivity index (χ2v) is 8.24. The van der Waals surface area contributed by atoms with E-state index in [-0.39, 0.29) is 11.4 Å². The van der Waals surface area contributed by atoms with E-state index in [9.17, 15) is 8.42 Å². The maximum absolute atomic E-state index is 12.1. The van der Waals surface area contributed by atoms with Crippen molar-refractivity contribution < 1.29 is 13.2 Å². The van der Waals surface area contributed by atoms with Crippen LogP contribution in [0.5, 0.6) is 0 Å². The van der Waals surface area contributed by atoms with E-state index in [1.807, 2.05) is 0 Å². The van der Waals surface area contributed by atoms with Crippen molar-refractivity contribution in [1.29, 1.82) is 0 Å². The number of sulfonamides is 1. The van der Waals surface area contributed by atoms with Gasteiger partial charge in [0, 0.05) is 13.7 Å². The van der Waals surface area contributed by atoms with Crippen molar-refractivity contribution in [2.75, 3.05) is 26.0 Å². The Balaban J connectivity index is 2.26. The molecular formula is C12H16N2O3S3. The van der Waals surface area contributed by atoms with Gasteiger partial charge in [0.25, 0.3) is 0 Å². The minimum atomic E-state index is -3.48. The lowest BCUT2D eigenvalue weighted by atomic mass is 10.3. The van der Waals surface area contributed by atoms with Gasteiger partial charge in [-0.2, -0.15) is 0 Å². The zero-order chi connectivity index (χ0) is 14.6. The Bertz CT molecular complexity index is 682. The largest absolute Gasteiger partial charge is 0.383 e. The lowest BCUT2D eigenvalue weighted by Gasteiger charge is -2.05. The molecule has 2 rings (SSSR count). The molecule has 0 amide bonds. The lowest BCUT2D eigenvalue weighted by molar-refractivity contribution is 0.204. The fourth-order valence-corrected chi connectivity index (χ4v) is 4.72. The summed E-state index contributed by atoms with van der Waals surface area (Å²) >= 11 is 3.17. The van der Waals surface area contributed by atoms with Crippen LogP contribution in [0.2, 0.25) is 0 Å². The van der Waals surface area contributed by atoms with E-state index in [0.717, 1.165) is 20.3 Å². The Morgan fingerprint density at radius 2 is 2.25 bits per heavy atom. The van der Waals surface area contributed by atoms with Crippen LogP contribution in [0.3, 0.4) is 0 Å². The van der Waals surface area contributed by atoms with Crippen LogP contribution < -0.4 is 4.72 Å². The first-order chi connectivity index (χ1) is 9.56. The predicted octanol–water partition coefficient (Wildman–Crippen LogP) is 2.33. The Morgan fingerprint density at radius 1 is 1.45 bits per heavy atom. The summed E-state index contributed by atoms with van der Waals surface area (Å²) < 4.78 is 33.4. The summed E-state index contributed by atoms with van der Waals surface area (Å²) in [5.74, 6) is 0.948. The third-order valence-electron chi connectivity index (χ3n) is 2.52. The standard InChI is InChI=1S/C12H16N2O3S3/c1-3-18-12-14-10-5-4-9(8-11(10)19-12)20(15,16)13-6-7-17-2/h4-5,8,13H,3,6-7H2,1-2H3. The Kier molecular flexibility index (Phi) is 5.39. The highest BCUT2D eigenvalue weighted by molar-refractivity contribution is 8.01. The zero-order valence-electron chi connectivity index (χ0n) is 11.3. The van der Waals surface area contributed by atoms with E-state index in [0.29, 0.717) is 6.61 Å². The van der Waals surface area contributed by atoms with Crippen molar-refractivity contribution in [2.24, 2.45) is 0 Å². The van der Waals surface area contributed by atoms with Gasteiger partial charge >= 0.3 is 0 Å². The zero-order valence-corrected chi connectivity index (χ0v) is 13.7. The summed E-state index contributed by atoms with van der Waals surface area (Å²) in [6.45, 7) is 2.67. The number of ether oxygens (including phenoxy) is 1. The highest BCUT2D eigenvalue weighted by atomic mass is 32.2. The Hall–Kier alpha value is -0.670. The van der Waals surface area contributed by atoms with Crippen molar-refractivity contribution in [1.82, 2.24) is 9.71 Å². The molecule has 0 bridgehead atoms. The molecular weight excluding hydrogens is 316 g/mol. The molecule has 1 N–H and O–H groups in total. The summed E-state index contributed by atoms with van der Waals surface area (Å²) in [6, 6.07) is 5.00. The molecule has 0 saturated carbocycles. The SMILES string of the molecule is CCSc1nc2ccc(S(=O)(=O)NCCOC)cc2s1. The number of hydrogen-bond donors (Lipinski definition) is 1. The first-order valence-corrected chi connectivity index (χ1v) is 9.37. The number of thiazole rings is 1. The smallest absolute Gasteiger partial charge is 0.240 e. The van der Waals surface area contributed by atoms with Crippen LogP contribution in [0, 0.1) is 0 Å². The van der Waals surface area contributed by atoms with Crippen LogP contribution in [0.15, 0.2) is 27.4 Å². The number of rotatable bonds is 7. The van der Waals surface area contributed by atoms with Crippen molar-refractivity contribution in [3.8, 4) is 0 Å². The number of thioether (sulfide) groups is 1. The summed E-state index contributed by atoms with van der Waals surface area (Å²) in [7, 11) is -1.95. The topological polar surface area (TPSA) is 68.3 Å². The molecule has 8 heteroatoms. The normalized spacial score (nSPS) is 12.1. The number of benzene rings is 1. The molecule has 2 aromatic rings. The third-order valence-corrected chi connectivity index (χ3v) is 6.02. The number of nitrogens with one attached hydrogen (secondary N) is 1. The molecule has 0 aliphatic carbocycles. The highest BCUT2D eigenvalue weighted by Gasteiger charge is 2.15. The molecule has 0 unspecified atom stereocenters. The molecule has 1 heterocycles. The minimum absolute atomic E-state index is 0.260. The van der Waals surface area contributed by atoms with Gasteiger partial charge in [0.2, 0.25) is 10.0 Å². The molecule has 1 aromatic carbocycles. The van der Waals surface area contributed by atoms with E-state index in [2.05, 4.69) is 16.6 Å². The van der Waals surface area contributed by atoms with Crippen molar-refractivity contribution in [3.63, 3.8) is 0 Å². The van der Waals surface area contributed by atoms with Gasteiger partial charge in [-0.15, -0.1) is 11.3 Å². The monoisotopic (exact) mass is 332 g/mol. The molecule has 0 radical (unpaired) electrons. The Morgan fingerprint density at radius 3 is 2.95 bits per heavy atom. The predicted molar refractivity (Wildman–Crippen MR) is 83.1 cm³/mol. The summed E-state index contributed by atoms with van der Waals surface area (Å²) in [4.78, 5) is 4.71. The number of hydrogen-bond acceptors (Lipinski definition) is 6. The molecule has 0 atom stereocenters. The maximum Gasteiger partial charge on any atom is 0.240 e. The van der Waals surface area contributed by atoms with E-state index < -0.39 is 10.0 Å². The lowest BCUT2D eigenvalue weighted by Crippen LogP contribution is -2.27. The van der Waals surface area contributed by atoms with Gasteiger partial charge in [-0.3, -0.25) is 0 Å². The van der Waals surface area contributed by atoms with E-state index in [1.165, 1.54) is 18.4 Å². The van der Waals surface area contributed by atoms with Crippen LogP contribution in [0.4, 0.5) is 0 Å². The number of fused-ring (bicyclic) bond motifs is 1. The average molecular weight is 332 g/mol. The second-order valence-electron chi connectivity index (χ2n) is 3.93. The number of nitrogens with zero attached hydrogens (tertiary/aromatic N) is 1.